The molecule has 110 valence electrons. The van der Waals surface area contributed by atoms with Crippen LogP contribution in [0, 0.1) is 0 Å². The molecule has 2 saturated carbocycles. The molecule has 4 nitrogen and oxygen atoms in total. The van der Waals surface area contributed by atoms with Gasteiger partial charge in [0.2, 0.25) is 6.08 Å². The van der Waals surface area contributed by atoms with Gasteiger partial charge >= 0.3 is 0 Å². The maximum atomic E-state index is 10.7. The number of nitrogens with zero attached hydrogens (tertiary/aromatic N) is 1. The van der Waals surface area contributed by atoms with Crippen LogP contribution < -0.4 is 9.47 Å². The van der Waals surface area contributed by atoms with Gasteiger partial charge in [0.05, 0.1) is 10.6 Å². The highest BCUT2D eigenvalue weighted by Gasteiger charge is 2.46. The summed E-state index contributed by atoms with van der Waals surface area (Å²) in [5.74, 6) is 0.934. The van der Waals surface area contributed by atoms with Gasteiger partial charge in [-0.3, -0.25) is 0 Å². The second-order valence-electron chi connectivity index (χ2n) is 6.19. The van der Waals surface area contributed by atoms with Crippen LogP contribution in [0.25, 0.3) is 0 Å². The lowest BCUT2D eigenvalue weighted by Crippen LogP contribution is -2.34. The van der Waals surface area contributed by atoms with E-state index in [9.17, 15) is 4.79 Å². The standard InChI is InChI=1S/C16H16ClNO3/c17-12-9-14-13(20-16(21-14)6-1-2-7-16)8-11(12)15(18-10-19)4-3-5-15/h8-9H,1-7H2. The topological polar surface area (TPSA) is 47.9 Å². The number of fused-ring (bicyclic) bond motifs is 1. The summed E-state index contributed by atoms with van der Waals surface area (Å²) in [7, 11) is 0. The van der Waals surface area contributed by atoms with E-state index in [2.05, 4.69) is 4.99 Å². The molecule has 1 aromatic rings. The van der Waals surface area contributed by atoms with Gasteiger partial charge in [-0.15, -0.1) is 0 Å². The Morgan fingerprint density at radius 2 is 1.71 bits per heavy atom. The predicted molar refractivity (Wildman–Crippen MR) is 77.6 cm³/mol. The van der Waals surface area contributed by atoms with Crippen LogP contribution in [-0.2, 0) is 10.3 Å². The summed E-state index contributed by atoms with van der Waals surface area (Å²) in [4.78, 5) is 14.8. The van der Waals surface area contributed by atoms with Crippen LogP contribution in [0.15, 0.2) is 17.1 Å². The second-order valence-corrected chi connectivity index (χ2v) is 6.60. The lowest BCUT2D eigenvalue weighted by molar-refractivity contribution is -0.0716. The summed E-state index contributed by atoms with van der Waals surface area (Å²) in [5.41, 5.74) is 0.346. The number of isocyanates is 1. The largest absolute Gasteiger partial charge is 0.448 e. The van der Waals surface area contributed by atoms with Gasteiger partial charge in [0, 0.05) is 24.5 Å². The first-order valence-corrected chi connectivity index (χ1v) is 7.85. The van der Waals surface area contributed by atoms with Gasteiger partial charge in [-0.2, -0.15) is 4.99 Å². The third-order valence-electron chi connectivity index (χ3n) is 4.93. The third-order valence-corrected chi connectivity index (χ3v) is 5.25. The highest BCUT2D eigenvalue weighted by atomic mass is 35.5. The summed E-state index contributed by atoms with van der Waals surface area (Å²) in [6.07, 6.45) is 8.45. The molecule has 0 N–H and O–H groups in total. The maximum Gasteiger partial charge on any atom is 0.251 e. The zero-order valence-electron chi connectivity index (χ0n) is 11.7. The van der Waals surface area contributed by atoms with Gasteiger partial charge < -0.3 is 9.47 Å². The summed E-state index contributed by atoms with van der Waals surface area (Å²) >= 11 is 6.41. The SMILES string of the molecule is O=C=NC1(c2cc3c(cc2Cl)OC2(CCCC2)O3)CCC1. The van der Waals surface area contributed by atoms with Crippen LogP contribution in [0.5, 0.6) is 11.5 Å². The fourth-order valence-electron chi connectivity index (χ4n) is 3.63. The first-order valence-electron chi connectivity index (χ1n) is 7.48. The minimum Gasteiger partial charge on any atom is -0.448 e. The lowest BCUT2D eigenvalue weighted by Gasteiger charge is -2.37. The van der Waals surface area contributed by atoms with Crippen molar-refractivity contribution in [2.24, 2.45) is 4.99 Å². The molecule has 1 heterocycles. The molecule has 1 aliphatic heterocycles. The molecule has 2 aliphatic carbocycles. The number of ether oxygens (including phenoxy) is 2. The van der Waals surface area contributed by atoms with Gasteiger partial charge in [-0.1, -0.05) is 11.6 Å². The quantitative estimate of drug-likeness (QED) is 0.610. The molecule has 0 saturated heterocycles. The van der Waals surface area contributed by atoms with Crippen LogP contribution in [0.2, 0.25) is 5.02 Å². The number of benzene rings is 1. The Morgan fingerprint density at radius 3 is 2.29 bits per heavy atom. The molecular formula is C16H16ClNO3. The molecule has 0 aromatic heterocycles. The monoisotopic (exact) mass is 305 g/mol. The fourth-order valence-corrected chi connectivity index (χ4v) is 3.96. The lowest BCUT2D eigenvalue weighted by atomic mass is 9.72. The van der Waals surface area contributed by atoms with Crippen molar-refractivity contribution in [3.05, 3.63) is 22.7 Å². The molecule has 2 fully saturated rings. The minimum absolute atomic E-state index is 0.495. The molecule has 0 bridgehead atoms. The molecule has 3 aliphatic rings. The highest BCUT2D eigenvalue weighted by Crippen LogP contribution is 2.53. The first kappa shape index (κ1) is 13.2. The van der Waals surface area contributed by atoms with Crippen molar-refractivity contribution >= 4 is 17.7 Å². The summed E-state index contributed by atoms with van der Waals surface area (Å²) < 4.78 is 12.1. The van der Waals surface area contributed by atoms with Crippen LogP contribution in [-0.4, -0.2) is 11.9 Å². The van der Waals surface area contributed by atoms with Crippen LogP contribution in [0.3, 0.4) is 0 Å². The number of carbonyl (C=O) groups excluding carboxylic acids is 1. The Bertz CT molecular complexity index is 641. The third kappa shape index (κ3) is 1.90. The summed E-state index contributed by atoms with van der Waals surface area (Å²) in [6.45, 7) is 0. The number of aliphatic imine (C=N–C) groups is 1. The molecule has 0 radical (unpaired) electrons. The van der Waals surface area contributed by atoms with E-state index in [0.29, 0.717) is 10.8 Å². The molecule has 0 atom stereocenters. The number of hydrogen-bond donors (Lipinski definition) is 0. The summed E-state index contributed by atoms with van der Waals surface area (Å²) in [5, 5.41) is 0.589. The van der Waals surface area contributed by atoms with Gasteiger partial charge in [-0.05, 0) is 38.2 Å². The van der Waals surface area contributed by atoms with Gasteiger partial charge in [-0.25, -0.2) is 4.79 Å². The Balaban J connectivity index is 1.75. The van der Waals surface area contributed by atoms with Crippen LogP contribution in [0.4, 0.5) is 0 Å². The van der Waals surface area contributed by atoms with Crippen LogP contribution >= 0.6 is 11.6 Å². The molecular weight excluding hydrogens is 290 g/mol. The van der Waals surface area contributed by atoms with Crippen molar-refractivity contribution in [3.8, 4) is 11.5 Å². The van der Waals surface area contributed by atoms with Crippen molar-refractivity contribution in [1.82, 2.24) is 0 Å². The fraction of sp³-hybridized carbons (Fsp3) is 0.562. The van der Waals surface area contributed by atoms with Crippen molar-refractivity contribution in [2.75, 3.05) is 0 Å². The Morgan fingerprint density at radius 1 is 1.05 bits per heavy atom. The zero-order chi connectivity index (χ0) is 14.5. The first-order chi connectivity index (χ1) is 10.2. The summed E-state index contributed by atoms with van der Waals surface area (Å²) in [6, 6.07) is 3.71. The molecule has 0 amide bonds. The molecule has 1 spiro atoms. The van der Waals surface area contributed by atoms with Gasteiger partial charge in [0.15, 0.2) is 11.5 Å². The van der Waals surface area contributed by atoms with E-state index < -0.39 is 11.3 Å². The van der Waals surface area contributed by atoms with Gasteiger partial charge in [0.25, 0.3) is 5.79 Å². The molecule has 1 aromatic carbocycles. The number of rotatable bonds is 2. The average molecular weight is 306 g/mol. The maximum absolute atomic E-state index is 10.7. The van der Waals surface area contributed by atoms with E-state index in [4.69, 9.17) is 21.1 Å². The Labute approximate surface area is 128 Å². The highest BCUT2D eigenvalue weighted by molar-refractivity contribution is 6.31. The molecule has 21 heavy (non-hydrogen) atoms. The van der Waals surface area contributed by atoms with Crippen molar-refractivity contribution in [3.63, 3.8) is 0 Å². The smallest absolute Gasteiger partial charge is 0.251 e. The Kier molecular flexibility index (Phi) is 2.82. The molecule has 5 heteroatoms. The number of halogens is 1. The van der Waals surface area contributed by atoms with E-state index in [0.717, 1.165) is 56.3 Å². The predicted octanol–water partition coefficient (Wildman–Crippen LogP) is 4.10. The second kappa shape index (κ2) is 4.49. The van der Waals surface area contributed by atoms with E-state index in [1.54, 1.807) is 12.1 Å². The van der Waals surface area contributed by atoms with E-state index in [1.165, 1.54) is 0 Å². The van der Waals surface area contributed by atoms with E-state index in [1.807, 2.05) is 6.07 Å². The van der Waals surface area contributed by atoms with Crippen LogP contribution in [0.1, 0.15) is 50.5 Å². The molecule has 0 unspecified atom stereocenters. The number of hydrogen-bond acceptors (Lipinski definition) is 4. The van der Waals surface area contributed by atoms with Gasteiger partial charge in [0.1, 0.15) is 0 Å². The normalized spacial score (nSPS) is 23.7. The Hall–Kier alpha value is -1.51. The van der Waals surface area contributed by atoms with Crippen molar-refractivity contribution < 1.29 is 14.3 Å². The van der Waals surface area contributed by atoms with Crippen molar-refractivity contribution in [2.45, 2.75) is 56.3 Å². The zero-order valence-corrected chi connectivity index (χ0v) is 12.4. The average Bonchev–Trinajstić information content (AvgIpc) is 3.00. The molecule has 4 rings (SSSR count). The van der Waals surface area contributed by atoms with E-state index >= 15 is 0 Å². The van der Waals surface area contributed by atoms with E-state index in [-0.39, 0.29) is 0 Å². The van der Waals surface area contributed by atoms with Crippen molar-refractivity contribution in [1.29, 1.82) is 0 Å². The minimum atomic E-state index is -0.511.